The van der Waals surface area contributed by atoms with Crippen molar-refractivity contribution < 1.29 is 29.2 Å². The largest absolute Gasteiger partial charge is 0.480 e. The lowest BCUT2D eigenvalue weighted by Crippen LogP contribution is -2.52. The highest BCUT2D eigenvalue weighted by molar-refractivity contribution is 5.89. The van der Waals surface area contributed by atoms with Gasteiger partial charge in [0.25, 0.3) is 5.69 Å². The summed E-state index contributed by atoms with van der Waals surface area (Å²) in [6, 6.07) is 11.8. The minimum Gasteiger partial charge on any atom is -0.480 e. The van der Waals surface area contributed by atoms with Crippen LogP contribution < -0.4 is 10.2 Å². The Morgan fingerprint density at radius 2 is 1.44 bits per heavy atom. The summed E-state index contributed by atoms with van der Waals surface area (Å²) in [6.07, 6.45) is -0.305. The van der Waals surface area contributed by atoms with Crippen LogP contribution in [-0.4, -0.2) is 101 Å². The zero-order chi connectivity index (χ0) is 29.7. The summed E-state index contributed by atoms with van der Waals surface area (Å²) in [5.41, 5.74) is 1.45. The molecular weight excluding hydrogens is 532 g/mol. The number of carboxylic acid groups (broad SMARTS) is 1. The number of hydrogen-bond donors (Lipinski definition) is 2. The van der Waals surface area contributed by atoms with E-state index in [2.05, 4.69) is 10.2 Å². The molecule has 2 aliphatic rings. The monoisotopic (exact) mass is 568 g/mol. The average molecular weight is 569 g/mol. The third-order valence-corrected chi connectivity index (χ3v) is 7.04. The number of urea groups is 1. The zero-order valence-corrected chi connectivity index (χ0v) is 23.5. The van der Waals surface area contributed by atoms with Crippen molar-refractivity contribution in [3.05, 3.63) is 64.2 Å². The van der Waals surface area contributed by atoms with Crippen molar-refractivity contribution in [3.8, 4) is 0 Å². The van der Waals surface area contributed by atoms with E-state index in [4.69, 9.17) is 4.74 Å². The van der Waals surface area contributed by atoms with Crippen LogP contribution in [-0.2, 0) is 9.53 Å². The zero-order valence-electron chi connectivity index (χ0n) is 23.5. The number of rotatable bonds is 6. The molecule has 0 radical (unpaired) electrons. The SMILES string of the molecule is CC(C)(C)OC(=O)N1CCN(c2ccc(NC(=O)N3CCN(C(C(=O)O)c4ccc([N+](=O)[O-])cc4)CC3)cc2)CC1. The fourth-order valence-corrected chi connectivity index (χ4v) is 4.90. The highest BCUT2D eigenvalue weighted by Gasteiger charge is 2.32. The molecular formula is C28H36N6O7. The van der Waals surface area contributed by atoms with E-state index in [0.717, 1.165) is 5.69 Å². The van der Waals surface area contributed by atoms with Crippen LogP contribution >= 0.6 is 0 Å². The highest BCUT2D eigenvalue weighted by Crippen LogP contribution is 2.26. The van der Waals surface area contributed by atoms with Crippen molar-refractivity contribution in [1.29, 1.82) is 0 Å². The molecule has 2 heterocycles. The summed E-state index contributed by atoms with van der Waals surface area (Å²) >= 11 is 0. The van der Waals surface area contributed by atoms with Gasteiger partial charge >= 0.3 is 18.1 Å². The van der Waals surface area contributed by atoms with Crippen LogP contribution in [0.4, 0.5) is 26.7 Å². The summed E-state index contributed by atoms with van der Waals surface area (Å²) in [5, 5.41) is 23.6. The second-order valence-electron chi connectivity index (χ2n) is 11.0. The van der Waals surface area contributed by atoms with Crippen LogP contribution in [0.2, 0.25) is 0 Å². The number of nitrogens with zero attached hydrogens (tertiary/aromatic N) is 5. The molecule has 2 saturated heterocycles. The second kappa shape index (κ2) is 12.4. The molecule has 1 atom stereocenters. The first-order chi connectivity index (χ1) is 19.4. The number of hydrogen-bond acceptors (Lipinski definition) is 8. The lowest BCUT2D eigenvalue weighted by atomic mass is 10.0. The molecule has 2 aromatic carbocycles. The first kappa shape index (κ1) is 29.6. The van der Waals surface area contributed by atoms with Crippen LogP contribution in [0, 0.1) is 10.1 Å². The summed E-state index contributed by atoms with van der Waals surface area (Å²) in [4.78, 5) is 54.9. The smallest absolute Gasteiger partial charge is 0.410 e. The number of non-ortho nitro benzene ring substituents is 1. The number of piperazine rings is 2. The van der Waals surface area contributed by atoms with Gasteiger partial charge in [0.05, 0.1) is 4.92 Å². The van der Waals surface area contributed by atoms with Crippen LogP contribution in [0.5, 0.6) is 0 Å². The third kappa shape index (κ3) is 7.63. The van der Waals surface area contributed by atoms with Crippen molar-refractivity contribution in [2.45, 2.75) is 32.4 Å². The first-order valence-corrected chi connectivity index (χ1v) is 13.5. The summed E-state index contributed by atoms with van der Waals surface area (Å²) in [7, 11) is 0. The van der Waals surface area contributed by atoms with Crippen LogP contribution in [0.3, 0.4) is 0 Å². The van der Waals surface area contributed by atoms with E-state index in [9.17, 15) is 29.6 Å². The number of nitrogens with one attached hydrogen (secondary N) is 1. The van der Waals surface area contributed by atoms with Crippen molar-refractivity contribution in [3.63, 3.8) is 0 Å². The number of carbonyl (C=O) groups is 3. The van der Waals surface area contributed by atoms with Crippen LogP contribution in [0.15, 0.2) is 48.5 Å². The standard InChI is InChI=1S/C28H36N6O7/c1-28(2,3)41-27(38)33-18-12-30(13-19-33)22-10-6-21(7-11-22)29-26(37)32-16-14-31(15-17-32)24(25(35)36)20-4-8-23(9-5-20)34(39)40/h4-11,24H,12-19H2,1-3H3,(H,29,37)(H,35,36). The molecule has 4 rings (SSSR count). The molecule has 220 valence electrons. The Morgan fingerprint density at radius 3 is 1.95 bits per heavy atom. The molecule has 2 aliphatic heterocycles. The maximum absolute atomic E-state index is 12.9. The molecule has 0 aromatic heterocycles. The number of anilines is 2. The number of nitro groups is 1. The Hall–Kier alpha value is -4.39. The van der Waals surface area contributed by atoms with Crippen molar-refractivity contribution in [2.75, 3.05) is 62.6 Å². The van der Waals surface area contributed by atoms with Gasteiger partial charge in [-0.3, -0.25) is 19.8 Å². The number of carboxylic acids is 1. The second-order valence-corrected chi connectivity index (χ2v) is 11.0. The summed E-state index contributed by atoms with van der Waals surface area (Å²) in [6.45, 7) is 9.37. The normalized spacial score (nSPS) is 17.1. The number of benzene rings is 2. The van der Waals surface area contributed by atoms with Gasteiger partial charge in [-0.05, 0) is 50.6 Å². The quantitative estimate of drug-likeness (QED) is 0.394. The highest BCUT2D eigenvalue weighted by atomic mass is 16.6. The topological polar surface area (TPSA) is 149 Å². The molecule has 2 fully saturated rings. The van der Waals surface area contributed by atoms with Crippen LogP contribution in [0.1, 0.15) is 32.4 Å². The van der Waals surface area contributed by atoms with E-state index in [0.29, 0.717) is 63.6 Å². The third-order valence-electron chi connectivity index (χ3n) is 7.04. The Labute approximate surface area is 238 Å². The van der Waals surface area contributed by atoms with Gasteiger partial charge in [-0.2, -0.15) is 0 Å². The molecule has 0 spiro atoms. The first-order valence-electron chi connectivity index (χ1n) is 13.5. The molecule has 3 amide bonds. The number of amides is 3. The molecule has 0 aliphatic carbocycles. The molecule has 1 unspecified atom stereocenters. The Bertz CT molecular complexity index is 1250. The van der Waals surface area contributed by atoms with Crippen LogP contribution in [0.25, 0.3) is 0 Å². The number of ether oxygens (including phenoxy) is 1. The fraction of sp³-hybridized carbons (Fsp3) is 0.464. The maximum Gasteiger partial charge on any atom is 0.410 e. The molecule has 41 heavy (non-hydrogen) atoms. The molecule has 2 N–H and O–H groups in total. The van der Waals surface area contributed by atoms with Gasteiger partial charge < -0.3 is 29.9 Å². The molecule has 0 saturated carbocycles. The predicted molar refractivity (Wildman–Crippen MR) is 152 cm³/mol. The summed E-state index contributed by atoms with van der Waals surface area (Å²) in [5.74, 6) is -1.05. The van der Waals surface area contributed by atoms with Gasteiger partial charge in [-0.15, -0.1) is 0 Å². The molecule has 0 bridgehead atoms. The van der Waals surface area contributed by atoms with Gasteiger partial charge in [-0.1, -0.05) is 12.1 Å². The van der Waals surface area contributed by atoms with E-state index in [1.54, 1.807) is 14.7 Å². The van der Waals surface area contributed by atoms with Gasteiger partial charge in [0, 0.05) is 75.9 Å². The van der Waals surface area contributed by atoms with E-state index in [1.807, 2.05) is 45.0 Å². The molecule has 13 heteroatoms. The Kier molecular flexibility index (Phi) is 8.96. The van der Waals surface area contributed by atoms with E-state index >= 15 is 0 Å². The fourth-order valence-electron chi connectivity index (χ4n) is 4.90. The number of carbonyl (C=O) groups excluding carboxylic acids is 2. The minimum atomic E-state index is -1.05. The van der Waals surface area contributed by atoms with E-state index < -0.39 is 22.5 Å². The lowest BCUT2D eigenvalue weighted by Gasteiger charge is -2.37. The number of aliphatic carboxylic acids is 1. The molecule has 2 aromatic rings. The lowest BCUT2D eigenvalue weighted by molar-refractivity contribution is -0.384. The van der Waals surface area contributed by atoms with Gasteiger partial charge in [-0.25, -0.2) is 9.59 Å². The maximum atomic E-state index is 12.9. The Balaban J connectivity index is 1.26. The number of nitro benzene ring substituents is 1. The van der Waals surface area contributed by atoms with Gasteiger partial charge in [0.1, 0.15) is 11.6 Å². The van der Waals surface area contributed by atoms with Gasteiger partial charge in [0.15, 0.2) is 0 Å². The Morgan fingerprint density at radius 1 is 0.878 bits per heavy atom. The van der Waals surface area contributed by atoms with Crippen molar-refractivity contribution >= 4 is 35.2 Å². The minimum absolute atomic E-state index is 0.104. The molecule has 13 nitrogen and oxygen atoms in total. The van der Waals surface area contributed by atoms with Crippen molar-refractivity contribution in [1.82, 2.24) is 14.7 Å². The van der Waals surface area contributed by atoms with E-state index in [1.165, 1.54) is 24.3 Å². The summed E-state index contributed by atoms with van der Waals surface area (Å²) < 4.78 is 5.46. The van der Waals surface area contributed by atoms with E-state index in [-0.39, 0.29) is 17.8 Å². The van der Waals surface area contributed by atoms with Gasteiger partial charge in [0.2, 0.25) is 0 Å². The van der Waals surface area contributed by atoms with Crippen molar-refractivity contribution in [2.24, 2.45) is 0 Å². The predicted octanol–water partition coefficient (Wildman–Crippen LogP) is 3.63. The average Bonchev–Trinajstić information content (AvgIpc) is 2.93.